The average molecular weight is 317 g/mol. The summed E-state index contributed by atoms with van der Waals surface area (Å²) in [7, 11) is 0. The number of H-pyrrole nitrogens is 1. The molecule has 0 radical (unpaired) electrons. The second kappa shape index (κ2) is 6.15. The van der Waals surface area contributed by atoms with Gasteiger partial charge in [-0.2, -0.15) is 9.49 Å². The number of halogens is 2. The molecule has 2 aromatic heterocycles. The van der Waals surface area contributed by atoms with Crippen LogP contribution in [0, 0.1) is 12.9 Å². The van der Waals surface area contributed by atoms with Gasteiger partial charge in [0.1, 0.15) is 0 Å². The monoisotopic (exact) mass is 316 g/mol. The number of aryl methyl sites for hydroxylation is 1. The zero-order valence-electron chi connectivity index (χ0n) is 11.8. The van der Waals surface area contributed by atoms with Gasteiger partial charge in [0.05, 0.1) is 24.1 Å². The first kappa shape index (κ1) is 14.5. The van der Waals surface area contributed by atoms with E-state index >= 15 is 0 Å². The number of nitrogens with zero attached hydrogens (tertiary/aromatic N) is 2. The van der Waals surface area contributed by atoms with Crippen molar-refractivity contribution in [3.8, 4) is 0 Å². The van der Waals surface area contributed by atoms with Gasteiger partial charge in [-0.15, -0.1) is 0 Å². The Morgan fingerprint density at radius 2 is 2.09 bits per heavy atom. The van der Waals surface area contributed by atoms with Crippen molar-refractivity contribution in [3.05, 3.63) is 76.6 Å². The summed E-state index contributed by atoms with van der Waals surface area (Å²) < 4.78 is 13.3. The van der Waals surface area contributed by atoms with Crippen molar-refractivity contribution >= 4 is 17.3 Å². The fraction of sp³-hybridized carbons (Fsp3) is 0.125. The highest BCUT2D eigenvalue weighted by Gasteiger charge is 2.18. The number of anilines is 1. The van der Waals surface area contributed by atoms with Gasteiger partial charge in [-0.25, -0.2) is 4.98 Å². The number of pyridine rings is 1. The largest absolute Gasteiger partial charge is 0.373 e. The van der Waals surface area contributed by atoms with Crippen molar-refractivity contribution in [2.24, 2.45) is 0 Å². The van der Waals surface area contributed by atoms with E-state index in [0.717, 1.165) is 11.1 Å². The molecular weight excluding hydrogens is 303 g/mol. The molecule has 0 spiro atoms. The van der Waals surface area contributed by atoms with Crippen LogP contribution in [0.2, 0.25) is 5.02 Å². The molecule has 3 aromatic rings. The standard InChI is InChI=1S/C16H14ClFN4/c1-10-6-12(9-19-16(10)18)22-15(11-7-20-21-8-11)13-4-2-3-5-14(13)17/h2-9,15,22H,1H3,(H,20,21). The Hall–Kier alpha value is -2.40. The minimum atomic E-state index is -0.469. The van der Waals surface area contributed by atoms with E-state index in [1.165, 1.54) is 6.20 Å². The first-order chi connectivity index (χ1) is 10.6. The van der Waals surface area contributed by atoms with E-state index in [2.05, 4.69) is 20.5 Å². The topological polar surface area (TPSA) is 53.6 Å². The second-order valence-corrected chi connectivity index (χ2v) is 5.37. The Morgan fingerprint density at radius 1 is 1.27 bits per heavy atom. The number of hydrogen-bond donors (Lipinski definition) is 2. The van der Waals surface area contributed by atoms with Gasteiger partial charge >= 0.3 is 0 Å². The van der Waals surface area contributed by atoms with E-state index in [0.29, 0.717) is 16.3 Å². The summed E-state index contributed by atoms with van der Waals surface area (Å²) in [5.74, 6) is -0.469. The lowest BCUT2D eigenvalue weighted by atomic mass is 10.0. The summed E-state index contributed by atoms with van der Waals surface area (Å²) in [6.07, 6.45) is 4.99. The summed E-state index contributed by atoms with van der Waals surface area (Å²) >= 11 is 6.31. The van der Waals surface area contributed by atoms with Gasteiger partial charge in [-0.05, 0) is 24.6 Å². The Morgan fingerprint density at radius 3 is 2.77 bits per heavy atom. The summed E-state index contributed by atoms with van der Waals surface area (Å²) in [4.78, 5) is 3.74. The van der Waals surface area contributed by atoms with Crippen LogP contribution in [0.3, 0.4) is 0 Å². The van der Waals surface area contributed by atoms with Crippen molar-refractivity contribution in [2.75, 3.05) is 5.32 Å². The van der Waals surface area contributed by atoms with Gasteiger partial charge in [0, 0.05) is 22.3 Å². The van der Waals surface area contributed by atoms with Gasteiger partial charge in [-0.3, -0.25) is 5.10 Å². The van der Waals surface area contributed by atoms with Crippen LogP contribution in [0.15, 0.2) is 48.9 Å². The smallest absolute Gasteiger partial charge is 0.215 e. The normalized spacial score (nSPS) is 12.1. The van der Waals surface area contributed by atoms with Crippen LogP contribution in [-0.4, -0.2) is 15.2 Å². The highest BCUT2D eigenvalue weighted by Crippen LogP contribution is 2.31. The molecule has 22 heavy (non-hydrogen) atoms. The summed E-state index contributed by atoms with van der Waals surface area (Å²) in [5, 5.41) is 10.8. The number of hydrogen-bond acceptors (Lipinski definition) is 3. The minimum Gasteiger partial charge on any atom is -0.373 e. The average Bonchev–Trinajstić information content (AvgIpc) is 3.03. The maximum atomic E-state index is 13.3. The lowest BCUT2D eigenvalue weighted by Gasteiger charge is -2.20. The zero-order chi connectivity index (χ0) is 15.5. The molecule has 1 atom stereocenters. The van der Waals surface area contributed by atoms with Crippen LogP contribution in [0.4, 0.5) is 10.1 Å². The summed E-state index contributed by atoms with van der Waals surface area (Å²) in [6.45, 7) is 1.68. The molecule has 1 aromatic carbocycles. The third-order valence-electron chi connectivity index (χ3n) is 3.39. The van der Waals surface area contributed by atoms with Crippen molar-refractivity contribution in [3.63, 3.8) is 0 Å². The molecule has 2 N–H and O–H groups in total. The molecule has 0 aliphatic heterocycles. The Bertz CT molecular complexity index is 774. The van der Waals surface area contributed by atoms with Gasteiger partial charge in [-0.1, -0.05) is 29.8 Å². The van der Waals surface area contributed by atoms with E-state index in [9.17, 15) is 4.39 Å². The molecule has 0 saturated heterocycles. The minimum absolute atomic E-state index is 0.209. The molecule has 0 amide bonds. The van der Waals surface area contributed by atoms with E-state index in [1.807, 2.05) is 24.3 Å². The highest BCUT2D eigenvalue weighted by atomic mass is 35.5. The Balaban J connectivity index is 1.99. The Kier molecular flexibility index (Phi) is 4.06. The van der Waals surface area contributed by atoms with Gasteiger partial charge in [0.2, 0.25) is 5.95 Å². The molecule has 0 saturated carbocycles. The van der Waals surface area contributed by atoms with Crippen LogP contribution < -0.4 is 5.32 Å². The predicted octanol–water partition coefficient (Wildman–Crippen LogP) is 4.11. The van der Waals surface area contributed by atoms with Crippen molar-refractivity contribution in [1.29, 1.82) is 0 Å². The van der Waals surface area contributed by atoms with Crippen LogP contribution >= 0.6 is 11.6 Å². The summed E-state index contributed by atoms with van der Waals surface area (Å²) in [5.41, 5.74) is 3.03. The van der Waals surface area contributed by atoms with Gasteiger partial charge < -0.3 is 5.32 Å². The first-order valence-corrected chi connectivity index (χ1v) is 7.14. The van der Waals surface area contributed by atoms with E-state index in [-0.39, 0.29) is 6.04 Å². The van der Waals surface area contributed by atoms with Crippen LogP contribution in [0.5, 0.6) is 0 Å². The summed E-state index contributed by atoms with van der Waals surface area (Å²) in [6, 6.07) is 9.08. The van der Waals surface area contributed by atoms with Crippen molar-refractivity contribution < 1.29 is 4.39 Å². The molecular formula is C16H14ClFN4. The number of rotatable bonds is 4. The zero-order valence-corrected chi connectivity index (χ0v) is 12.6. The molecule has 4 nitrogen and oxygen atoms in total. The molecule has 0 bridgehead atoms. The molecule has 6 heteroatoms. The molecule has 2 heterocycles. The molecule has 1 unspecified atom stereocenters. The van der Waals surface area contributed by atoms with Crippen molar-refractivity contribution in [1.82, 2.24) is 15.2 Å². The fourth-order valence-electron chi connectivity index (χ4n) is 2.27. The fourth-order valence-corrected chi connectivity index (χ4v) is 2.52. The second-order valence-electron chi connectivity index (χ2n) is 4.96. The molecule has 0 aliphatic rings. The van der Waals surface area contributed by atoms with Crippen molar-refractivity contribution in [2.45, 2.75) is 13.0 Å². The third-order valence-corrected chi connectivity index (χ3v) is 3.74. The molecule has 0 aliphatic carbocycles. The third kappa shape index (κ3) is 2.94. The number of benzene rings is 1. The van der Waals surface area contributed by atoms with Crippen LogP contribution in [-0.2, 0) is 0 Å². The van der Waals surface area contributed by atoms with Gasteiger partial charge in [0.25, 0.3) is 0 Å². The number of nitrogens with one attached hydrogen (secondary N) is 2. The number of aromatic nitrogens is 3. The maximum absolute atomic E-state index is 13.3. The maximum Gasteiger partial charge on any atom is 0.215 e. The SMILES string of the molecule is Cc1cc(NC(c2cn[nH]c2)c2ccccc2Cl)cnc1F. The van der Waals surface area contributed by atoms with E-state index in [4.69, 9.17) is 11.6 Å². The lowest BCUT2D eigenvalue weighted by Crippen LogP contribution is -2.13. The number of aromatic amines is 1. The molecule has 0 fully saturated rings. The molecule has 112 valence electrons. The quantitative estimate of drug-likeness (QED) is 0.712. The first-order valence-electron chi connectivity index (χ1n) is 6.77. The van der Waals surface area contributed by atoms with Crippen LogP contribution in [0.25, 0.3) is 0 Å². The molecule has 3 rings (SSSR count). The van der Waals surface area contributed by atoms with E-state index < -0.39 is 5.95 Å². The lowest BCUT2D eigenvalue weighted by molar-refractivity contribution is 0.574. The van der Waals surface area contributed by atoms with E-state index in [1.54, 1.807) is 25.4 Å². The van der Waals surface area contributed by atoms with Crippen LogP contribution in [0.1, 0.15) is 22.7 Å². The Labute approximate surface area is 132 Å². The highest BCUT2D eigenvalue weighted by molar-refractivity contribution is 6.31. The van der Waals surface area contributed by atoms with Gasteiger partial charge in [0.15, 0.2) is 0 Å². The predicted molar refractivity (Wildman–Crippen MR) is 84.4 cm³/mol.